The van der Waals surface area contributed by atoms with Crippen LogP contribution >= 0.6 is 0 Å². The van der Waals surface area contributed by atoms with Gasteiger partial charge in [0.05, 0.1) is 29.6 Å². The number of nitro benzene ring substituents is 1. The number of benzene rings is 3. The number of nitrogens with zero attached hydrogens (tertiary/aromatic N) is 1. The third kappa shape index (κ3) is 3.93. The molecule has 9 nitrogen and oxygen atoms in total. The highest BCUT2D eigenvalue weighted by Gasteiger charge is 2.68. The van der Waals surface area contributed by atoms with Gasteiger partial charge in [-0.1, -0.05) is 39.3 Å². The molecule has 1 heterocycles. The lowest BCUT2D eigenvalue weighted by atomic mass is 9.41. The second-order valence-corrected chi connectivity index (χ2v) is 15.7. The average Bonchev–Trinajstić information content (AvgIpc) is 3.59. The maximum Gasteiger partial charge on any atom is 0.339 e. The quantitative estimate of drug-likeness (QED) is 0.131. The molecule has 6 atom stereocenters. The molecule has 9 heteroatoms. The van der Waals surface area contributed by atoms with Crippen molar-refractivity contribution in [1.82, 2.24) is 0 Å². The van der Waals surface area contributed by atoms with Crippen molar-refractivity contribution in [3.05, 3.63) is 46.0 Å². The lowest BCUT2D eigenvalue weighted by molar-refractivity contribution is -0.383. The number of aliphatic hydroxyl groups excluding tert-OH is 1. The minimum absolute atomic E-state index is 0.0142. The molecule has 4 aliphatic carbocycles. The van der Waals surface area contributed by atoms with Gasteiger partial charge in [-0.3, -0.25) is 10.1 Å². The lowest BCUT2D eigenvalue weighted by Crippen LogP contribution is -2.55. The number of non-ortho nitro benzene ring substituents is 1. The van der Waals surface area contributed by atoms with Crippen LogP contribution in [-0.4, -0.2) is 42.1 Å². The highest BCUT2D eigenvalue weighted by atomic mass is 16.7. The Morgan fingerprint density at radius 1 is 1.04 bits per heavy atom. The fourth-order valence-corrected chi connectivity index (χ4v) is 11.7. The van der Waals surface area contributed by atoms with Crippen molar-refractivity contribution in [2.24, 2.45) is 34.0 Å². The van der Waals surface area contributed by atoms with Gasteiger partial charge in [0, 0.05) is 22.8 Å². The van der Waals surface area contributed by atoms with Gasteiger partial charge in [0.2, 0.25) is 6.79 Å². The zero-order valence-electron chi connectivity index (χ0n) is 27.1. The van der Waals surface area contributed by atoms with Crippen LogP contribution in [0.1, 0.15) is 88.9 Å². The number of nitro groups is 1. The van der Waals surface area contributed by atoms with Crippen molar-refractivity contribution in [2.45, 2.75) is 84.2 Å². The Bertz CT molecular complexity index is 1800. The monoisotopic (exact) mass is 629 g/mol. The SMILES string of the molecule is COc1cccc2c1cc([N+](=O)[O-])c1c(C(=O)OC3(CO)CC45CCC6C(C)(C)CCCC6(C)C4CCC3C5)cc3c(c12)OCO3. The van der Waals surface area contributed by atoms with Gasteiger partial charge in [0.1, 0.15) is 11.4 Å². The number of esters is 1. The topological polar surface area (TPSA) is 117 Å². The molecule has 46 heavy (non-hydrogen) atoms. The van der Waals surface area contributed by atoms with E-state index in [-0.39, 0.29) is 46.8 Å². The minimum atomic E-state index is -1.04. The highest BCUT2D eigenvalue weighted by molar-refractivity contribution is 6.22. The van der Waals surface area contributed by atoms with Crippen molar-refractivity contribution in [1.29, 1.82) is 0 Å². The molecule has 0 radical (unpaired) electrons. The molecule has 1 N–H and O–H groups in total. The molecule has 3 aromatic carbocycles. The highest BCUT2D eigenvalue weighted by Crippen LogP contribution is 2.73. The van der Waals surface area contributed by atoms with E-state index in [9.17, 15) is 20.0 Å². The van der Waals surface area contributed by atoms with E-state index in [1.807, 2.05) is 6.07 Å². The van der Waals surface area contributed by atoms with Crippen LogP contribution in [0.15, 0.2) is 30.3 Å². The zero-order chi connectivity index (χ0) is 32.2. The summed E-state index contributed by atoms with van der Waals surface area (Å²) in [6, 6.07) is 8.34. The van der Waals surface area contributed by atoms with Crippen LogP contribution in [0, 0.1) is 44.1 Å². The Morgan fingerprint density at radius 3 is 2.63 bits per heavy atom. The molecule has 6 unspecified atom stereocenters. The smallest absolute Gasteiger partial charge is 0.339 e. The summed E-state index contributed by atoms with van der Waals surface area (Å²) in [6.45, 7) is 7.07. The van der Waals surface area contributed by atoms with Crippen LogP contribution < -0.4 is 14.2 Å². The Labute approximate surface area is 268 Å². The fourth-order valence-electron chi connectivity index (χ4n) is 11.7. The van der Waals surface area contributed by atoms with Gasteiger partial charge in [0.15, 0.2) is 11.5 Å². The Hall–Kier alpha value is -3.59. The number of ether oxygens (including phenoxy) is 4. The van der Waals surface area contributed by atoms with E-state index >= 15 is 0 Å². The van der Waals surface area contributed by atoms with E-state index in [0.29, 0.717) is 57.1 Å². The van der Waals surface area contributed by atoms with Gasteiger partial charge in [-0.15, -0.1) is 0 Å². The Balaban J connectivity index is 1.23. The number of fused-ring (bicyclic) bond motifs is 8. The minimum Gasteiger partial charge on any atom is -0.496 e. The Morgan fingerprint density at radius 2 is 1.87 bits per heavy atom. The number of carbonyl (C=O) groups excluding carboxylic acids is 1. The zero-order valence-corrected chi connectivity index (χ0v) is 27.1. The lowest BCUT2D eigenvalue weighted by Gasteiger charge is -2.63. The molecule has 244 valence electrons. The molecular formula is C37H43NO8. The molecule has 2 bridgehead atoms. The standard InChI is InChI=1S/C37H43NO8/c1-34(2)12-6-13-35(3)28(34)11-14-36-17-21(9-10-29(35)36)37(18-36,19-39)46-33(40)24-16-27-32(45-20-44-27)31-22-7-5-8-26(43-4)23(22)15-25(30(24)31)38(41)42/h5,7-8,15-16,21,28-29,39H,6,9-14,17-20H2,1-4H3. The summed E-state index contributed by atoms with van der Waals surface area (Å²) in [5, 5.41) is 25.4. The summed E-state index contributed by atoms with van der Waals surface area (Å²) in [5.74, 6) is 1.70. The third-order valence-corrected chi connectivity index (χ3v) is 13.3. The van der Waals surface area contributed by atoms with Crippen molar-refractivity contribution >= 4 is 33.2 Å². The Kier molecular flexibility index (Phi) is 6.45. The van der Waals surface area contributed by atoms with E-state index in [2.05, 4.69) is 20.8 Å². The number of carbonyl (C=O) groups is 1. The number of aliphatic hydroxyl groups is 1. The van der Waals surface area contributed by atoms with E-state index < -0.39 is 16.5 Å². The first-order chi connectivity index (χ1) is 22.0. The van der Waals surface area contributed by atoms with Crippen LogP contribution in [0.25, 0.3) is 21.5 Å². The second kappa shape index (κ2) is 9.96. The third-order valence-electron chi connectivity index (χ3n) is 13.3. The average molecular weight is 630 g/mol. The summed E-state index contributed by atoms with van der Waals surface area (Å²) < 4.78 is 23.7. The molecule has 4 saturated carbocycles. The van der Waals surface area contributed by atoms with E-state index in [1.54, 1.807) is 12.1 Å². The molecule has 0 aromatic heterocycles. The van der Waals surface area contributed by atoms with Crippen LogP contribution in [-0.2, 0) is 4.74 Å². The summed E-state index contributed by atoms with van der Waals surface area (Å²) >= 11 is 0. The largest absolute Gasteiger partial charge is 0.496 e. The second-order valence-electron chi connectivity index (χ2n) is 15.7. The molecule has 5 aliphatic rings. The van der Waals surface area contributed by atoms with Gasteiger partial charge in [-0.25, -0.2) is 4.79 Å². The van der Waals surface area contributed by atoms with Gasteiger partial charge in [0.25, 0.3) is 5.69 Å². The molecular weight excluding hydrogens is 586 g/mol. The summed E-state index contributed by atoms with van der Waals surface area (Å²) in [6.07, 6.45) is 9.55. The molecule has 1 spiro atoms. The number of methoxy groups -OCH3 is 1. The van der Waals surface area contributed by atoms with Gasteiger partial charge < -0.3 is 24.1 Å². The van der Waals surface area contributed by atoms with Crippen LogP contribution in [0.5, 0.6) is 17.2 Å². The number of rotatable bonds is 5. The molecule has 4 fully saturated rings. The van der Waals surface area contributed by atoms with E-state index in [0.717, 1.165) is 32.1 Å². The summed E-state index contributed by atoms with van der Waals surface area (Å²) in [4.78, 5) is 26.6. The van der Waals surface area contributed by atoms with Gasteiger partial charge in [-0.05, 0) is 97.0 Å². The maximum atomic E-state index is 14.5. The summed E-state index contributed by atoms with van der Waals surface area (Å²) in [7, 11) is 1.51. The van der Waals surface area contributed by atoms with Crippen molar-refractivity contribution < 1.29 is 33.8 Å². The van der Waals surface area contributed by atoms with Crippen molar-refractivity contribution in [3.8, 4) is 17.2 Å². The van der Waals surface area contributed by atoms with Gasteiger partial charge in [-0.2, -0.15) is 0 Å². The van der Waals surface area contributed by atoms with Crippen molar-refractivity contribution in [2.75, 3.05) is 20.5 Å². The maximum absolute atomic E-state index is 14.5. The number of hydrogen-bond donors (Lipinski definition) is 1. The molecule has 0 amide bonds. The number of hydrogen-bond acceptors (Lipinski definition) is 8. The van der Waals surface area contributed by atoms with Crippen LogP contribution in [0.3, 0.4) is 0 Å². The predicted octanol–water partition coefficient (Wildman–Crippen LogP) is 7.96. The molecule has 3 aromatic rings. The molecule has 8 rings (SSSR count). The predicted molar refractivity (Wildman–Crippen MR) is 172 cm³/mol. The first-order valence-corrected chi connectivity index (χ1v) is 16.8. The normalized spacial score (nSPS) is 33.8. The van der Waals surface area contributed by atoms with Crippen molar-refractivity contribution in [3.63, 3.8) is 0 Å². The first kappa shape index (κ1) is 29.8. The summed E-state index contributed by atoms with van der Waals surface area (Å²) in [5.41, 5.74) is -0.684. The van der Waals surface area contributed by atoms with E-state index in [4.69, 9.17) is 18.9 Å². The first-order valence-electron chi connectivity index (χ1n) is 16.8. The fraction of sp³-hybridized carbons (Fsp3) is 0.595. The van der Waals surface area contributed by atoms with Gasteiger partial charge >= 0.3 is 5.97 Å². The van der Waals surface area contributed by atoms with E-state index in [1.165, 1.54) is 38.5 Å². The van der Waals surface area contributed by atoms with Crippen LogP contribution in [0.2, 0.25) is 0 Å². The molecule has 1 aliphatic heterocycles. The molecule has 0 saturated heterocycles. The van der Waals surface area contributed by atoms with Crippen LogP contribution in [0.4, 0.5) is 5.69 Å².